The second-order valence-electron chi connectivity index (χ2n) is 6.75. The predicted molar refractivity (Wildman–Crippen MR) is 97.8 cm³/mol. The van der Waals surface area contributed by atoms with Gasteiger partial charge in [0.25, 0.3) is 5.91 Å². The van der Waals surface area contributed by atoms with Crippen LogP contribution in [0.25, 0.3) is 5.69 Å². The number of amides is 1. The Hall–Kier alpha value is -2.33. The Balaban J connectivity index is 1.83. The first kappa shape index (κ1) is 20.4. The van der Waals surface area contributed by atoms with Crippen molar-refractivity contribution in [2.75, 3.05) is 12.4 Å². The van der Waals surface area contributed by atoms with E-state index in [1.54, 1.807) is 0 Å². The van der Waals surface area contributed by atoms with Gasteiger partial charge in [-0.1, -0.05) is 0 Å². The van der Waals surface area contributed by atoms with Crippen molar-refractivity contribution in [3.63, 3.8) is 0 Å². The quantitative estimate of drug-likeness (QED) is 0.813. The summed E-state index contributed by atoms with van der Waals surface area (Å²) in [7, 11) is -3.92. The largest absolute Gasteiger partial charge is 0.377 e. The summed E-state index contributed by atoms with van der Waals surface area (Å²) in [6.07, 6.45) is 1.94. The Morgan fingerprint density at radius 3 is 2.71 bits per heavy atom. The molecule has 1 amide bonds. The van der Waals surface area contributed by atoms with Crippen LogP contribution in [0.2, 0.25) is 0 Å². The number of sulfonamides is 1. The van der Waals surface area contributed by atoms with Crippen LogP contribution in [0.15, 0.2) is 18.2 Å². The second kappa shape index (κ2) is 7.96. The third-order valence-corrected chi connectivity index (χ3v) is 5.89. The molecule has 3 rings (SSSR count). The van der Waals surface area contributed by atoms with Gasteiger partial charge in [-0.3, -0.25) is 4.79 Å². The predicted octanol–water partition coefficient (Wildman–Crippen LogP) is 2.40. The molecule has 10 heteroatoms. The molecule has 1 aromatic carbocycles. The van der Waals surface area contributed by atoms with E-state index in [1.165, 1.54) is 19.9 Å². The lowest BCUT2D eigenvalue weighted by Crippen LogP contribution is -2.38. The average molecular weight is 413 g/mol. The highest BCUT2D eigenvalue weighted by atomic mass is 32.2. The normalized spacial score (nSPS) is 17.5. The fourth-order valence-corrected chi connectivity index (χ4v) is 4.50. The summed E-state index contributed by atoms with van der Waals surface area (Å²) in [5, 5.41) is 4.11. The van der Waals surface area contributed by atoms with Crippen LogP contribution in [0.3, 0.4) is 0 Å². The zero-order valence-electron chi connectivity index (χ0n) is 15.5. The van der Waals surface area contributed by atoms with E-state index in [4.69, 9.17) is 4.74 Å². The van der Waals surface area contributed by atoms with Gasteiger partial charge in [-0.25, -0.2) is 26.6 Å². The molecule has 0 aliphatic carbocycles. The van der Waals surface area contributed by atoms with Crippen LogP contribution in [0, 0.1) is 25.5 Å². The summed E-state index contributed by atoms with van der Waals surface area (Å²) in [5.74, 6) is -2.74. The molecular weight excluding hydrogens is 392 g/mol. The van der Waals surface area contributed by atoms with Crippen molar-refractivity contribution < 1.29 is 26.7 Å². The van der Waals surface area contributed by atoms with Crippen LogP contribution in [0.4, 0.5) is 8.78 Å². The van der Waals surface area contributed by atoms with Gasteiger partial charge in [0.1, 0.15) is 11.5 Å². The number of ether oxygens (including phenoxy) is 1. The fraction of sp³-hybridized carbons (Fsp3) is 0.444. The number of nitrogens with one attached hydrogen (secondary N) is 1. The Kier molecular flexibility index (Phi) is 5.80. The number of benzene rings is 1. The van der Waals surface area contributed by atoms with Crippen LogP contribution in [0.5, 0.6) is 0 Å². The van der Waals surface area contributed by atoms with E-state index in [9.17, 15) is 22.0 Å². The maximum Gasteiger partial charge on any atom is 0.268 e. The van der Waals surface area contributed by atoms with E-state index < -0.39 is 33.7 Å². The molecule has 0 radical (unpaired) electrons. The molecule has 28 heavy (non-hydrogen) atoms. The molecule has 2 aromatic rings. The number of hydrogen-bond donors (Lipinski definition) is 1. The Morgan fingerprint density at radius 1 is 1.32 bits per heavy atom. The van der Waals surface area contributed by atoms with E-state index in [-0.39, 0.29) is 28.4 Å². The number of halogens is 2. The lowest BCUT2D eigenvalue weighted by atomic mass is 10.1. The summed E-state index contributed by atoms with van der Waals surface area (Å²) in [6, 6.07) is 2.98. The van der Waals surface area contributed by atoms with Gasteiger partial charge >= 0.3 is 0 Å². The zero-order valence-corrected chi connectivity index (χ0v) is 16.4. The number of hydrogen-bond acceptors (Lipinski definition) is 5. The molecule has 1 aliphatic rings. The molecule has 0 saturated carbocycles. The molecule has 152 valence electrons. The minimum Gasteiger partial charge on any atom is -0.377 e. The first-order valence-electron chi connectivity index (χ1n) is 8.86. The minimum atomic E-state index is -3.92. The van der Waals surface area contributed by atoms with Crippen molar-refractivity contribution in [1.82, 2.24) is 14.5 Å². The van der Waals surface area contributed by atoms with Gasteiger partial charge in [0.2, 0.25) is 10.0 Å². The molecule has 1 unspecified atom stereocenters. The van der Waals surface area contributed by atoms with Gasteiger partial charge in [0.15, 0.2) is 5.82 Å². The number of carbonyl (C=O) groups is 1. The van der Waals surface area contributed by atoms with E-state index >= 15 is 0 Å². The van der Waals surface area contributed by atoms with Crippen LogP contribution in [0.1, 0.15) is 41.0 Å². The van der Waals surface area contributed by atoms with Crippen LogP contribution >= 0.6 is 0 Å². The first-order chi connectivity index (χ1) is 13.2. The van der Waals surface area contributed by atoms with Crippen molar-refractivity contribution in [3.05, 3.63) is 46.8 Å². The van der Waals surface area contributed by atoms with Gasteiger partial charge in [0, 0.05) is 12.7 Å². The molecule has 2 heterocycles. The van der Waals surface area contributed by atoms with Crippen molar-refractivity contribution in [2.45, 2.75) is 39.2 Å². The van der Waals surface area contributed by atoms with Crippen molar-refractivity contribution in [2.24, 2.45) is 0 Å². The number of nitrogens with zero attached hydrogens (tertiary/aromatic N) is 2. The highest BCUT2D eigenvalue weighted by Gasteiger charge is 2.27. The molecule has 0 spiro atoms. The number of aryl methyl sites for hydroxylation is 1. The van der Waals surface area contributed by atoms with Gasteiger partial charge < -0.3 is 4.74 Å². The maximum atomic E-state index is 14.1. The standard InChI is InChI=1S/C18H21F2N3O4S/c1-11-17(12(2)23(21-11)16-7-6-13(19)9-15(16)20)18(24)22-28(25,26)10-14-5-3-4-8-27-14/h6-7,9,14H,3-5,8,10H2,1-2H3,(H,22,24). The average Bonchev–Trinajstić information content (AvgIpc) is 2.89. The van der Waals surface area contributed by atoms with Gasteiger partial charge in [0.05, 0.1) is 28.8 Å². The monoisotopic (exact) mass is 413 g/mol. The van der Waals surface area contributed by atoms with Crippen LogP contribution in [-0.2, 0) is 14.8 Å². The highest BCUT2D eigenvalue weighted by molar-refractivity contribution is 7.90. The Labute approximate surface area is 161 Å². The number of aromatic nitrogens is 2. The van der Waals surface area contributed by atoms with Crippen LogP contribution < -0.4 is 4.72 Å². The van der Waals surface area contributed by atoms with Gasteiger partial charge in [-0.05, 0) is 45.2 Å². The van der Waals surface area contributed by atoms with E-state index in [2.05, 4.69) is 5.10 Å². The summed E-state index contributed by atoms with van der Waals surface area (Å²) >= 11 is 0. The van der Waals surface area contributed by atoms with Crippen molar-refractivity contribution >= 4 is 15.9 Å². The summed E-state index contributed by atoms with van der Waals surface area (Å²) in [6.45, 7) is 3.52. The summed E-state index contributed by atoms with van der Waals surface area (Å²) < 4.78 is 60.5. The smallest absolute Gasteiger partial charge is 0.268 e. The molecule has 1 saturated heterocycles. The summed E-state index contributed by atoms with van der Waals surface area (Å²) in [5.41, 5.74) is 0.448. The SMILES string of the molecule is Cc1nn(-c2ccc(F)cc2F)c(C)c1C(=O)NS(=O)(=O)CC1CCCCO1. The minimum absolute atomic E-state index is 0.0249. The zero-order chi connectivity index (χ0) is 20.5. The molecule has 1 aromatic heterocycles. The van der Waals surface area contributed by atoms with Crippen molar-refractivity contribution in [1.29, 1.82) is 0 Å². The third kappa shape index (κ3) is 4.39. The Bertz CT molecular complexity index is 998. The topological polar surface area (TPSA) is 90.3 Å². The molecular formula is C18H21F2N3O4S. The molecule has 7 nitrogen and oxygen atoms in total. The van der Waals surface area contributed by atoms with E-state index in [1.807, 2.05) is 4.72 Å². The molecule has 1 aliphatic heterocycles. The maximum absolute atomic E-state index is 14.1. The molecule has 1 N–H and O–H groups in total. The van der Waals surface area contributed by atoms with Crippen LogP contribution in [-0.4, -0.2) is 42.6 Å². The summed E-state index contributed by atoms with van der Waals surface area (Å²) in [4.78, 5) is 12.6. The highest BCUT2D eigenvalue weighted by Crippen LogP contribution is 2.21. The number of rotatable bonds is 5. The second-order valence-corrected chi connectivity index (χ2v) is 8.52. The van der Waals surface area contributed by atoms with Gasteiger partial charge in [-0.15, -0.1) is 0 Å². The van der Waals surface area contributed by atoms with E-state index in [0.717, 1.165) is 23.6 Å². The number of carbonyl (C=O) groups excluding carboxylic acids is 1. The fourth-order valence-electron chi connectivity index (χ4n) is 3.28. The molecule has 1 fully saturated rings. The van der Waals surface area contributed by atoms with Crippen molar-refractivity contribution in [3.8, 4) is 5.69 Å². The Morgan fingerprint density at radius 2 is 2.07 bits per heavy atom. The van der Waals surface area contributed by atoms with Gasteiger partial charge in [-0.2, -0.15) is 5.10 Å². The first-order valence-corrected chi connectivity index (χ1v) is 10.5. The molecule has 1 atom stereocenters. The third-order valence-electron chi connectivity index (χ3n) is 4.58. The van der Waals surface area contributed by atoms with E-state index in [0.29, 0.717) is 19.1 Å². The molecule has 0 bridgehead atoms. The lowest BCUT2D eigenvalue weighted by Gasteiger charge is -2.22. The lowest BCUT2D eigenvalue weighted by molar-refractivity contribution is 0.0304.